The fourth-order valence-electron chi connectivity index (χ4n) is 1.59. The smallest absolute Gasteiger partial charge is 0.368 e. The molecule has 1 rings (SSSR count). The second kappa shape index (κ2) is 6.01. The standard InChI is InChI=1S/C9H14F3N3O3/c10-9(11,12)5-18-4-7(16)15-2-1-14-3-6(15)8(13)17/h6,14H,1-5H2,(H2,13,17). The zero-order chi connectivity index (χ0) is 13.8. The van der Waals surface area contributed by atoms with Gasteiger partial charge in [-0.25, -0.2) is 0 Å². The molecule has 18 heavy (non-hydrogen) atoms. The van der Waals surface area contributed by atoms with Crippen LogP contribution in [0.15, 0.2) is 0 Å². The minimum atomic E-state index is -4.48. The van der Waals surface area contributed by atoms with Crippen LogP contribution in [0.4, 0.5) is 13.2 Å². The highest BCUT2D eigenvalue weighted by molar-refractivity contribution is 5.87. The number of hydrogen-bond donors (Lipinski definition) is 2. The molecule has 1 aliphatic rings. The zero-order valence-electron chi connectivity index (χ0n) is 9.50. The first-order valence-electron chi connectivity index (χ1n) is 5.25. The van der Waals surface area contributed by atoms with Crippen molar-refractivity contribution in [2.45, 2.75) is 12.2 Å². The van der Waals surface area contributed by atoms with Crippen molar-refractivity contribution in [1.82, 2.24) is 10.2 Å². The molecule has 1 atom stereocenters. The third kappa shape index (κ3) is 4.49. The van der Waals surface area contributed by atoms with Crippen molar-refractivity contribution in [2.75, 3.05) is 32.8 Å². The van der Waals surface area contributed by atoms with E-state index in [1.54, 1.807) is 0 Å². The summed E-state index contributed by atoms with van der Waals surface area (Å²) in [6.07, 6.45) is -4.48. The van der Waals surface area contributed by atoms with Crippen LogP contribution in [-0.4, -0.2) is 61.8 Å². The van der Waals surface area contributed by atoms with Crippen LogP contribution >= 0.6 is 0 Å². The SMILES string of the molecule is NC(=O)C1CNCCN1C(=O)COCC(F)(F)F. The van der Waals surface area contributed by atoms with Gasteiger partial charge < -0.3 is 20.7 Å². The average molecular weight is 269 g/mol. The molecule has 1 saturated heterocycles. The Bertz CT molecular complexity index is 322. The molecule has 9 heteroatoms. The molecule has 0 aromatic heterocycles. The molecule has 6 nitrogen and oxygen atoms in total. The van der Waals surface area contributed by atoms with Crippen molar-refractivity contribution in [3.63, 3.8) is 0 Å². The highest BCUT2D eigenvalue weighted by Gasteiger charge is 2.32. The Morgan fingerprint density at radius 3 is 2.67 bits per heavy atom. The van der Waals surface area contributed by atoms with Gasteiger partial charge in [0.05, 0.1) is 0 Å². The average Bonchev–Trinajstić information content (AvgIpc) is 2.27. The van der Waals surface area contributed by atoms with Gasteiger partial charge in [0, 0.05) is 19.6 Å². The number of carbonyl (C=O) groups excluding carboxylic acids is 2. The summed E-state index contributed by atoms with van der Waals surface area (Å²) in [6, 6.07) is -0.847. The van der Waals surface area contributed by atoms with Crippen molar-refractivity contribution >= 4 is 11.8 Å². The van der Waals surface area contributed by atoms with Crippen molar-refractivity contribution < 1.29 is 27.5 Å². The number of nitrogens with zero attached hydrogens (tertiary/aromatic N) is 1. The van der Waals surface area contributed by atoms with Crippen molar-refractivity contribution in [3.05, 3.63) is 0 Å². The van der Waals surface area contributed by atoms with Gasteiger partial charge in [0.1, 0.15) is 19.3 Å². The largest absolute Gasteiger partial charge is 0.411 e. The maximum Gasteiger partial charge on any atom is 0.411 e. The molecule has 1 aliphatic heterocycles. The van der Waals surface area contributed by atoms with E-state index < -0.39 is 37.2 Å². The third-order valence-electron chi connectivity index (χ3n) is 2.38. The van der Waals surface area contributed by atoms with E-state index >= 15 is 0 Å². The minimum absolute atomic E-state index is 0.195. The highest BCUT2D eigenvalue weighted by atomic mass is 19.4. The van der Waals surface area contributed by atoms with E-state index in [0.29, 0.717) is 6.54 Å². The topological polar surface area (TPSA) is 84.7 Å². The van der Waals surface area contributed by atoms with E-state index in [9.17, 15) is 22.8 Å². The normalized spacial score (nSPS) is 20.8. The number of alkyl halides is 3. The molecule has 104 valence electrons. The predicted molar refractivity (Wildman–Crippen MR) is 54.4 cm³/mol. The third-order valence-corrected chi connectivity index (χ3v) is 2.38. The highest BCUT2D eigenvalue weighted by Crippen LogP contribution is 2.14. The molecule has 0 radical (unpaired) electrons. The summed E-state index contributed by atoms with van der Waals surface area (Å²) in [4.78, 5) is 23.8. The number of rotatable bonds is 4. The van der Waals surface area contributed by atoms with Crippen LogP contribution in [0.3, 0.4) is 0 Å². The quantitative estimate of drug-likeness (QED) is 0.675. The number of nitrogens with two attached hydrogens (primary N) is 1. The molecule has 0 aliphatic carbocycles. The van der Waals surface area contributed by atoms with Crippen LogP contribution in [0, 0.1) is 0 Å². The number of carbonyl (C=O) groups is 2. The zero-order valence-corrected chi connectivity index (χ0v) is 9.50. The minimum Gasteiger partial charge on any atom is -0.368 e. The summed E-state index contributed by atoms with van der Waals surface area (Å²) in [5.74, 6) is -1.38. The number of halogens is 3. The van der Waals surface area contributed by atoms with E-state index in [0.717, 1.165) is 4.90 Å². The van der Waals surface area contributed by atoms with Crippen LogP contribution in [0.25, 0.3) is 0 Å². The lowest BCUT2D eigenvalue weighted by Crippen LogP contribution is -2.59. The molecule has 1 fully saturated rings. The first-order chi connectivity index (χ1) is 8.31. The molecule has 0 bridgehead atoms. The summed E-state index contributed by atoms with van der Waals surface area (Å²) >= 11 is 0. The molecule has 3 N–H and O–H groups in total. The summed E-state index contributed by atoms with van der Waals surface area (Å²) < 4.78 is 39.7. The number of ether oxygens (including phenoxy) is 1. The fourth-order valence-corrected chi connectivity index (χ4v) is 1.59. The second-order valence-corrected chi connectivity index (χ2v) is 3.82. The van der Waals surface area contributed by atoms with E-state index in [1.807, 2.05) is 0 Å². The van der Waals surface area contributed by atoms with Gasteiger partial charge in [-0.3, -0.25) is 9.59 Å². The molecule has 0 aromatic rings. The number of amides is 2. The molecule has 0 saturated carbocycles. The van der Waals surface area contributed by atoms with Gasteiger partial charge in [-0.1, -0.05) is 0 Å². The molecule has 2 amide bonds. The number of primary amides is 1. The maximum absolute atomic E-state index is 11.8. The Morgan fingerprint density at radius 1 is 1.44 bits per heavy atom. The lowest BCUT2D eigenvalue weighted by molar-refractivity contribution is -0.178. The first kappa shape index (κ1) is 14.7. The second-order valence-electron chi connectivity index (χ2n) is 3.82. The van der Waals surface area contributed by atoms with Gasteiger partial charge in [-0.2, -0.15) is 13.2 Å². The molecular weight excluding hydrogens is 255 g/mol. The van der Waals surface area contributed by atoms with Gasteiger partial charge in [-0.15, -0.1) is 0 Å². The van der Waals surface area contributed by atoms with Crippen molar-refractivity contribution in [3.8, 4) is 0 Å². The maximum atomic E-state index is 11.8. The Balaban J connectivity index is 2.46. The Labute approximate surface area is 101 Å². The Kier molecular flexibility index (Phi) is 4.91. The lowest BCUT2D eigenvalue weighted by atomic mass is 10.2. The number of piperazine rings is 1. The molecule has 1 unspecified atom stereocenters. The summed E-state index contributed by atoms with van der Waals surface area (Å²) in [5.41, 5.74) is 5.10. The van der Waals surface area contributed by atoms with Gasteiger partial charge in [0.25, 0.3) is 0 Å². The van der Waals surface area contributed by atoms with Crippen LogP contribution in [0.1, 0.15) is 0 Å². The van der Waals surface area contributed by atoms with Gasteiger partial charge in [0.2, 0.25) is 11.8 Å². The molecule has 1 heterocycles. The van der Waals surface area contributed by atoms with Crippen LogP contribution < -0.4 is 11.1 Å². The Hall–Kier alpha value is -1.35. The summed E-state index contributed by atoms with van der Waals surface area (Å²) in [5, 5.41) is 2.87. The first-order valence-corrected chi connectivity index (χ1v) is 5.25. The van der Waals surface area contributed by atoms with Crippen LogP contribution in [0.5, 0.6) is 0 Å². The van der Waals surface area contributed by atoms with E-state index in [2.05, 4.69) is 10.1 Å². The van der Waals surface area contributed by atoms with E-state index in [-0.39, 0.29) is 13.1 Å². The van der Waals surface area contributed by atoms with Crippen LogP contribution in [0.2, 0.25) is 0 Å². The summed E-state index contributed by atoms with van der Waals surface area (Å²) in [6.45, 7) is -1.35. The van der Waals surface area contributed by atoms with Gasteiger partial charge in [-0.05, 0) is 0 Å². The number of nitrogens with one attached hydrogen (secondary N) is 1. The van der Waals surface area contributed by atoms with Gasteiger partial charge >= 0.3 is 6.18 Å². The molecule has 0 spiro atoms. The van der Waals surface area contributed by atoms with Gasteiger partial charge in [0.15, 0.2) is 0 Å². The summed E-state index contributed by atoms with van der Waals surface area (Å²) in [7, 11) is 0. The van der Waals surface area contributed by atoms with Crippen molar-refractivity contribution in [1.29, 1.82) is 0 Å². The van der Waals surface area contributed by atoms with E-state index in [1.165, 1.54) is 0 Å². The fraction of sp³-hybridized carbons (Fsp3) is 0.778. The molecule has 0 aromatic carbocycles. The lowest BCUT2D eigenvalue weighted by Gasteiger charge is -2.34. The monoisotopic (exact) mass is 269 g/mol. The van der Waals surface area contributed by atoms with E-state index in [4.69, 9.17) is 5.73 Å². The van der Waals surface area contributed by atoms with Crippen LogP contribution in [-0.2, 0) is 14.3 Å². The Morgan fingerprint density at radius 2 is 2.11 bits per heavy atom. The van der Waals surface area contributed by atoms with Crippen molar-refractivity contribution in [2.24, 2.45) is 5.73 Å². The predicted octanol–water partition coefficient (Wildman–Crippen LogP) is -1.15. The molecular formula is C9H14F3N3O3. The number of hydrogen-bond acceptors (Lipinski definition) is 4.